The van der Waals surface area contributed by atoms with E-state index >= 15 is 0 Å². The molecule has 3 amide bonds. The van der Waals surface area contributed by atoms with Crippen LogP contribution in [0.25, 0.3) is 0 Å². The van der Waals surface area contributed by atoms with Gasteiger partial charge in [0, 0.05) is 29.9 Å². The summed E-state index contributed by atoms with van der Waals surface area (Å²) in [5.74, 6) is -0.140. The molecule has 148 valence electrons. The highest BCUT2D eigenvalue weighted by molar-refractivity contribution is 5.95. The number of nitrogens with one attached hydrogen (secondary N) is 2. The average Bonchev–Trinajstić information content (AvgIpc) is 3.47. The first-order chi connectivity index (χ1) is 13.3. The summed E-state index contributed by atoms with van der Waals surface area (Å²) in [7, 11) is 0. The first kappa shape index (κ1) is 19.9. The fraction of sp³-hybridized carbons (Fsp3) is 0.391. The number of hydrogen-bond donors (Lipinski definition) is 2. The molecule has 2 aromatic rings. The van der Waals surface area contributed by atoms with E-state index in [9.17, 15) is 9.59 Å². The van der Waals surface area contributed by atoms with Crippen LogP contribution in [0.2, 0.25) is 0 Å². The van der Waals surface area contributed by atoms with Crippen molar-refractivity contribution in [3.05, 3.63) is 59.2 Å². The van der Waals surface area contributed by atoms with Gasteiger partial charge < -0.3 is 15.5 Å². The minimum Gasteiger partial charge on any atom is -0.326 e. The van der Waals surface area contributed by atoms with Crippen molar-refractivity contribution in [1.29, 1.82) is 0 Å². The van der Waals surface area contributed by atoms with Gasteiger partial charge in [-0.05, 0) is 49.9 Å². The fourth-order valence-corrected chi connectivity index (χ4v) is 3.07. The summed E-state index contributed by atoms with van der Waals surface area (Å²) in [5, 5.41) is 5.93. The molecule has 28 heavy (non-hydrogen) atoms. The van der Waals surface area contributed by atoms with Gasteiger partial charge in [0.2, 0.25) is 5.91 Å². The SMILES string of the molecule is Cc1cccc(CN(C(=O)Nc2cc(NC(=O)C(C)C)ccc2C)C2CC2)c1. The summed E-state index contributed by atoms with van der Waals surface area (Å²) in [6.45, 7) is 8.31. The molecule has 0 heterocycles. The molecule has 2 aromatic carbocycles. The number of carbonyl (C=O) groups is 2. The zero-order chi connectivity index (χ0) is 20.3. The van der Waals surface area contributed by atoms with E-state index in [2.05, 4.69) is 35.8 Å². The van der Waals surface area contributed by atoms with Gasteiger partial charge in [0.15, 0.2) is 0 Å². The summed E-state index contributed by atoms with van der Waals surface area (Å²) >= 11 is 0. The molecule has 0 bridgehead atoms. The molecule has 0 radical (unpaired) electrons. The van der Waals surface area contributed by atoms with Gasteiger partial charge in [-0.25, -0.2) is 4.79 Å². The third kappa shape index (κ3) is 5.12. The maximum atomic E-state index is 13.0. The lowest BCUT2D eigenvalue weighted by Crippen LogP contribution is -2.36. The number of benzene rings is 2. The van der Waals surface area contributed by atoms with Crippen molar-refractivity contribution in [2.75, 3.05) is 10.6 Å². The quantitative estimate of drug-likeness (QED) is 0.734. The molecule has 2 N–H and O–H groups in total. The minimum atomic E-state index is -0.0981. The molecular weight excluding hydrogens is 350 g/mol. The lowest BCUT2D eigenvalue weighted by atomic mass is 10.1. The number of carbonyl (C=O) groups excluding carboxylic acids is 2. The lowest BCUT2D eigenvalue weighted by Gasteiger charge is -2.24. The molecule has 5 heteroatoms. The van der Waals surface area contributed by atoms with E-state index in [4.69, 9.17) is 0 Å². The van der Waals surface area contributed by atoms with E-state index in [1.54, 1.807) is 0 Å². The van der Waals surface area contributed by atoms with Crippen molar-refractivity contribution in [3.8, 4) is 0 Å². The number of nitrogens with zero attached hydrogens (tertiary/aromatic N) is 1. The maximum absolute atomic E-state index is 13.0. The molecule has 3 rings (SSSR count). The molecule has 0 unspecified atom stereocenters. The number of urea groups is 1. The van der Waals surface area contributed by atoms with Gasteiger partial charge in [0.1, 0.15) is 0 Å². The zero-order valence-corrected chi connectivity index (χ0v) is 17.1. The normalized spacial score (nSPS) is 13.3. The molecule has 1 aliphatic carbocycles. The van der Waals surface area contributed by atoms with Crippen LogP contribution in [-0.2, 0) is 11.3 Å². The van der Waals surface area contributed by atoms with Crippen molar-refractivity contribution in [1.82, 2.24) is 4.90 Å². The van der Waals surface area contributed by atoms with Gasteiger partial charge in [-0.1, -0.05) is 49.7 Å². The van der Waals surface area contributed by atoms with Gasteiger partial charge >= 0.3 is 6.03 Å². The highest BCUT2D eigenvalue weighted by Gasteiger charge is 2.32. The molecule has 0 aliphatic heterocycles. The van der Waals surface area contributed by atoms with Crippen LogP contribution in [-0.4, -0.2) is 22.9 Å². The topological polar surface area (TPSA) is 61.4 Å². The van der Waals surface area contributed by atoms with Crippen LogP contribution in [0, 0.1) is 19.8 Å². The zero-order valence-electron chi connectivity index (χ0n) is 17.1. The van der Waals surface area contributed by atoms with Crippen LogP contribution in [0.4, 0.5) is 16.2 Å². The van der Waals surface area contributed by atoms with Crippen LogP contribution in [0.15, 0.2) is 42.5 Å². The largest absolute Gasteiger partial charge is 0.326 e. The second-order valence-corrected chi connectivity index (χ2v) is 7.95. The van der Waals surface area contributed by atoms with Gasteiger partial charge in [-0.3, -0.25) is 4.79 Å². The summed E-state index contributed by atoms with van der Waals surface area (Å²) < 4.78 is 0. The van der Waals surface area contributed by atoms with E-state index < -0.39 is 0 Å². The molecule has 0 atom stereocenters. The Morgan fingerprint density at radius 2 is 1.82 bits per heavy atom. The van der Waals surface area contributed by atoms with E-state index in [-0.39, 0.29) is 17.9 Å². The molecule has 5 nitrogen and oxygen atoms in total. The van der Waals surface area contributed by atoms with E-state index in [0.29, 0.717) is 18.3 Å². The van der Waals surface area contributed by atoms with Gasteiger partial charge in [-0.2, -0.15) is 0 Å². The Morgan fingerprint density at radius 3 is 2.46 bits per heavy atom. The maximum Gasteiger partial charge on any atom is 0.322 e. The highest BCUT2D eigenvalue weighted by Crippen LogP contribution is 2.30. The molecule has 0 saturated heterocycles. The Kier molecular flexibility index (Phi) is 6.02. The standard InChI is InChI=1S/C23H29N3O2/c1-15(2)22(27)24-19-9-8-17(4)21(13-19)25-23(28)26(20-10-11-20)14-18-7-5-6-16(3)12-18/h5-9,12-13,15,20H,10-11,14H2,1-4H3,(H,24,27)(H,25,28). The predicted octanol–water partition coefficient (Wildman–Crippen LogP) is 5.09. The Bertz CT molecular complexity index is 872. The number of anilines is 2. The fourth-order valence-electron chi connectivity index (χ4n) is 3.07. The Morgan fingerprint density at radius 1 is 1.07 bits per heavy atom. The Balaban J connectivity index is 1.73. The van der Waals surface area contributed by atoms with Crippen LogP contribution in [0.5, 0.6) is 0 Å². The lowest BCUT2D eigenvalue weighted by molar-refractivity contribution is -0.118. The van der Waals surface area contributed by atoms with Crippen molar-refractivity contribution in [2.24, 2.45) is 5.92 Å². The van der Waals surface area contributed by atoms with Crippen LogP contribution in [0.3, 0.4) is 0 Å². The summed E-state index contributed by atoms with van der Waals surface area (Å²) in [4.78, 5) is 26.9. The Labute approximate surface area is 167 Å². The first-order valence-corrected chi connectivity index (χ1v) is 9.88. The van der Waals surface area contributed by atoms with E-state index in [1.807, 2.05) is 49.9 Å². The molecule has 0 spiro atoms. The molecule has 0 aromatic heterocycles. The van der Waals surface area contributed by atoms with Crippen molar-refractivity contribution in [2.45, 2.75) is 53.1 Å². The van der Waals surface area contributed by atoms with E-state index in [1.165, 1.54) is 5.56 Å². The molecule has 1 fully saturated rings. The number of hydrogen-bond acceptors (Lipinski definition) is 2. The minimum absolute atomic E-state index is 0.0415. The Hall–Kier alpha value is -2.82. The molecular formula is C23H29N3O2. The van der Waals surface area contributed by atoms with Crippen molar-refractivity contribution >= 4 is 23.3 Å². The van der Waals surface area contributed by atoms with Crippen molar-refractivity contribution < 1.29 is 9.59 Å². The van der Waals surface area contributed by atoms with Gasteiger partial charge in [-0.15, -0.1) is 0 Å². The van der Waals surface area contributed by atoms with E-state index in [0.717, 1.165) is 29.7 Å². The molecule has 1 saturated carbocycles. The van der Waals surface area contributed by atoms with Crippen LogP contribution >= 0.6 is 0 Å². The summed E-state index contributed by atoms with van der Waals surface area (Å²) in [6.07, 6.45) is 2.09. The first-order valence-electron chi connectivity index (χ1n) is 9.88. The second kappa shape index (κ2) is 8.46. The predicted molar refractivity (Wildman–Crippen MR) is 113 cm³/mol. The summed E-state index contributed by atoms with van der Waals surface area (Å²) in [6, 6.07) is 14.1. The third-order valence-electron chi connectivity index (χ3n) is 4.95. The second-order valence-electron chi connectivity index (χ2n) is 7.95. The van der Waals surface area contributed by atoms with Crippen molar-refractivity contribution in [3.63, 3.8) is 0 Å². The number of aryl methyl sites for hydroxylation is 2. The monoisotopic (exact) mass is 379 g/mol. The highest BCUT2D eigenvalue weighted by atomic mass is 16.2. The molecule has 1 aliphatic rings. The van der Waals surface area contributed by atoms with Gasteiger partial charge in [0.25, 0.3) is 0 Å². The van der Waals surface area contributed by atoms with Gasteiger partial charge in [0.05, 0.1) is 0 Å². The van der Waals surface area contributed by atoms with Crippen LogP contribution in [0.1, 0.15) is 43.4 Å². The third-order valence-corrected chi connectivity index (χ3v) is 4.95. The average molecular weight is 380 g/mol. The number of rotatable bonds is 6. The smallest absolute Gasteiger partial charge is 0.322 e. The number of amides is 3. The van der Waals surface area contributed by atoms with Crippen LogP contribution < -0.4 is 10.6 Å². The summed E-state index contributed by atoms with van der Waals surface area (Å²) in [5.41, 5.74) is 4.70.